The Morgan fingerprint density at radius 1 is 1.52 bits per heavy atom. The second-order valence-electron chi connectivity index (χ2n) is 6.90. The zero-order valence-corrected chi connectivity index (χ0v) is 15.3. The predicted molar refractivity (Wildman–Crippen MR) is 101 cm³/mol. The van der Waals surface area contributed by atoms with E-state index in [2.05, 4.69) is 28.9 Å². The van der Waals surface area contributed by atoms with E-state index in [1.165, 1.54) is 23.7 Å². The Morgan fingerprint density at radius 3 is 3.00 bits per heavy atom. The van der Waals surface area contributed by atoms with E-state index in [1.807, 2.05) is 4.68 Å². The van der Waals surface area contributed by atoms with E-state index in [0.29, 0.717) is 24.0 Å². The average Bonchev–Trinajstić information content (AvgIpc) is 3.29. The molecule has 27 heavy (non-hydrogen) atoms. The topological polar surface area (TPSA) is 94.9 Å². The van der Waals surface area contributed by atoms with Gasteiger partial charge in [0, 0.05) is 12.6 Å². The lowest BCUT2D eigenvalue weighted by Crippen LogP contribution is -2.23. The van der Waals surface area contributed by atoms with Crippen molar-refractivity contribution < 1.29 is 9.21 Å². The molecule has 3 aromatic rings. The summed E-state index contributed by atoms with van der Waals surface area (Å²) in [5, 5.41) is 7.39. The second-order valence-corrected chi connectivity index (χ2v) is 6.90. The van der Waals surface area contributed by atoms with Crippen LogP contribution in [0.25, 0.3) is 11.1 Å². The zero-order chi connectivity index (χ0) is 19.1. The Balaban J connectivity index is 1.72. The van der Waals surface area contributed by atoms with Crippen molar-refractivity contribution in [2.75, 3.05) is 5.32 Å². The van der Waals surface area contributed by atoms with Crippen LogP contribution in [0.1, 0.15) is 41.9 Å². The van der Waals surface area contributed by atoms with Crippen LogP contribution in [0, 0.1) is 12.8 Å². The summed E-state index contributed by atoms with van der Waals surface area (Å²) in [4.78, 5) is 29.9. The van der Waals surface area contributed by atoms with Gasteiger partial charge < -0.3 is 9.73 Å². The molecular formula is C19H21N5O3. The summed E-state index contributed by atoms with van der Waals surface area (Å²) in [7, 11) is 0. The quantitative estimate of drug-likeness (QED) is 0.676. The molecule has 8 nitrogen and oxygen atoms in total. The van der Waals surface area contributed by atoms with Crippen LogP contribution < -0.4 is 10.9 Å². The SMILES string of the molecule is C=CCn1cnc2oc(C)c(C(=O)Nc3ccnn3C(C)C3CC3)c2c1=O. The van der Waals surface area contributed by atoms with E-state index in [-0.39, 0.29) is 28.3 Å². The van der Waals surface area contributed by atoms with Crippen molar-refractivity contribution in [3.8, 4) is 0 Å². The highest BCUT2D eigenvalue weighted by molar-refractivity contribution is 6.12. The molecule has 0 radical (unpaired) electrons. The van der Waals surface area contributed by atoms with Crippen LogP contribution in [0.3, 0.4) is 0 Å². The summed E-state index contributed by atoms with van der Waals surface area (Å²) in [5.74, 6) is 1.13. The zero-order valence-electron chi connectivity index (χ0n) is 15.3. The molecule has 4 rings (SSSR count). The van der Waals surface area contributed by atoms with Crippen molar-refractivity contribution in [2.24, 2.45) is 5.92 Å². The first-order valence-corrected chi connectivity index (χ1v) is 8.95. The second kappa shape index (κ2) is 6.53. The molecule has 1 N–H and O–H groups in total. The molecule has 1 saturated carbocycles. The lowest BCUT2D eigenvalue weighted by Gasteiger charge is -2.15. The molecule has 1 atom stereocenters. The highest BCUT2D eigenvalue weighted by Gasteiger charge is 2.31. The smallest absolute Gasteiger partial charge is 0.265 e. The fourth-order valence-electron chi connectivity index (χ4n) is 3.38. The number of hydrogen-bond donors (Lipinski definition) is 1. The Labute approximate surface area is 155 Å². The van der Waals surface area contributed by atoms with Gasteiger partial charge in [0.2, 0.25) is 5.71 Å². The van der Waals surface area contributed by atoms with E-state index in [4.69, 9.17) is 4.42 Å². The van der Waals surface area contributed by atoms with Crippen molar-refractivity contribution >= 4 is 22.8 Å². The van der Waals surface area contributed by atoms with Gasteiger partial charge in [-0.2, -0.15) is 5.10 Å². The van der Waals surface area contributed by atoms with Gasteiger partial charge in [-0.15, -0.1) is 6.58 Å². The molecule has 1 aliphatic carbocycles. The third-order valence-electron chi connectivity index (χ3n) is 5.01. The number of allylic oxidation sites excluding steroid dienone is 1. The molecule has 0 aliphatic heterocycles. The van der Waals surface area contributed by atoms with E-state index in [0.717, 1.165) is 0 Å². The van der Waals surface area contributed by atoms with Crippen molar-refractivity contribution in [2.45, 2.75) is 39.3 Å². The summed E-state index contributed by atoms with van der Waals surface area (Å²) >= 11 is 0. The summed E-state index contributed by atoms with van der Waals surface area (Å²) in [6, 6.07) is 1.96. The number of aryl methyl sites for hydroxylation is 1. The first kappa shape index (κ1) is 17.3. The molecular weight excluding hydrogens is 346 g/mol. The maximum Gasteiger partial charge on any atom is 0.265 e. The van der Waals surface area contributed by atoms with Gasteiger partial charge in [-0.25, -0.2) is 9.67 Å². The van der Waals surface area contributed by atoms with E-state index in [9.17, 15) is 9.59 Å². The minimum absolute atomic E-state index is 0.155. The highest BCUT2D eigenvalue weighted by Crippen LogP contribution is 2.40. The van der Waals surface area contributed by atoms with E-state index in [1.54, 1.807) is 25.3 Å². The van der Waals surface area contributed by atoms with Gasteiger partial charge in [-0.3, -0.25) is 14.2 Å². The summed E-state index contributed by atoms with van der Waals surface area (Å²) in [6.45, 7) is 7.68. The number of anilines is 1. The summed E-state index contributed by atoms with van der Waals surface area (Å²) in [6.07, 6.45) is 7.00. The number of amides is 1. The van der Waals surface area contributed by atoms with Gasteiger partial charge in [0.1, 0.15) is 23.3 Å². The van der Waals surface area contributed by atoms with Gasteiger partial charge in [0.15, 0.2) is 0 Å². The van der Waals surface area contributed by atoms with Crippen LogP contribution in [0.2, 0.25) is 0 Å². The molecule has 140 valence electrons. The molecule has 1 fully saturated rings. The summed E-state index contributed by atoms with van der Waals surface area (Å²) in [5.41, 5.74) is 0.0253. The number of carbonyl (C=O) groups excluding carboxylic acids is 1. The molecule has 1 unspecified atom stereocenters. The number of carbonyl (C=O) groups is 1. The normalized spacial score (nSPS) is 15.0. The monoisotopic (exact) mass is 367 g/mol. The maximum atomic E-state index is 13.0. The Bertz CT molecular complexity index is 1090. The fraction of sp³-hybridized carbons (Fsp3) is 0.368. The predicted octanol–water partition coefficient (Wildman–Crippen LogP) is 2.90. The number of nitrogens with one attached hydrogen (secondary N) is 1. The lowest BCUT2D eigenvalue weighted by atomic mass is 10.1. The van der Waals surface area contributed by atoms with Crippen LogP contribution in [-0.4, -0.2) is 25.2 Å². The molecule has 1 amide bonds. The first-order valence-electron chi connectivity index (χ1n) is 8.95. The van der Waals surface area contributed by atoms with Gasteiger partial charge in [0.05, 0.1) is 17.8 Å². The highest BCUT2D eigenvalue weighted by atomic mass is 16.3. The van der Waals surface area contributed by atoms with Crippen molar-refractivity contribution in [3.05, 3.63) is 52.9 Å². The number of nitrogens with zero attached hydrogens (tertiary/aromatic N) is 4. The fourth-order valence-corrected chi connectivity index (χ4v) is 3.38. The third kappa shape index (κ3) is 2.97. The average molecular weight is 367 g/mol. The number of furan rings is 1. The molecule has 0 bridgehead atoms. The maximum absolute atomic E-state index is 13.0. The molecule has 0 aromatic carbocycles. The standard InChI is InChI=1S/C19H21N5O3/c1-4-9-23-10-20-18-16(19(23)26)15(12(3)27-18)17(25)22-14-7-8-21-24(14)11(2)13-5-6-13/h4,7-8,10-11,13H,1,5-6,9H2,2-3H3,(H,22,25). The van der Waals surface area contributed by atoms with E-state index >= 15 is 0 Å². The molecule has 1 aliphatic rings. The molecule has 0 saturated heterocycles. The van der Waals surface area contributed by atoms with Crippen LogP contribution >= 0.6 is 0 Å². The van der Waals surface area contributed by atoms with Crippen LogP contribution in [0.15, 0.2) is 40.5 Å². The molecule has 3 aromatic heterocycles. The molecule has 8 heteroatoms. The first-order chi connectivity index (χ1) is 13.0. The van der Waals surface area contributed by atoms with Gasteiger partial charge in [-0.1, -0.05) is 6.08 Å². The third-order valence-corrected chi connectivity index (χ3v) is 5.01. The van der Waals surface area contributed by atoms with Crippen LogP contribution in [-0.2, 0) is 6.54 Å². The Kier molecular flexibility index (Phi) is 4.18. The molecule has 0 spiro atoms. The number of hydrogen-bond acceptors (Lipinski definition) is 5. The minimum atomic E-state index is -0.411. The summed E-state index contributed by atoms with van der Waals surface area (Å²) < 4.78 is 8.76. The molecule has 3 heterocycles. The number of aromatic nitrogens is 4. The minimum Gasteiger partial charge on any atom is -0.442 e. The largest absolute Gasteiger partial charge is 0.442 e. The number of fused-ring (bicyclic) bond motifs is 1. The Hall–Kier alpha value is -3.16. The van der Waals surface area contributed by atoms with Crippen molar-refractivity contribution in [3.63, 3.8) is 0 Å². The van der Waals surface area contributed by atoms with Gasteiger partial charge >= 0.3 is 0 Å². The van der Waals surface area contributed by atoms with Crippen molar-refractivity contribution in [1.29, 1.82) is 0 Å². The Morgan fingerprint density at radius 2 is 2.30 bits per heavy atom. The number of rotatable bonds is 6. The van der Waals surface area contributed by atoms with Crippen LogP contribution in [0.5, 0.6) is 0 Å². The van der Waals surface area contributed by atoms with Crippen LogP contribution in [0.4, 0.5) is 5.82 Å². The van der Waals surface area contributed by atoms with Gasteiger partial charge in [-0.05, 0) is 32.6 Å². The van der Waals surface area contributed by atoms with Gasteiger partial charge in [0.25, 0.3) is 11.5 Å². The van der Waals surface area contributed by atoms with E-state index < -0.39 is 5.91 Å². The lowest BCUT2D eigenvalue weighted by molar-refractivity contribution is 0.102. The van der Waals surface area contributed by atoms with Crippen molar-refractivity contribution in [1.82, 2.24) is 19.3 Å².